The van der Waals surface area contributed by atoms with Crippen LogP contribution in [0.4, 0.5) is 5.82 Å². The number of nitrogens with one attached hydrogen (secondary N) is 1. The highest BCUT2D eigenvalue weighted by atomic mass is 15.1. The summed E-state index contributed by atoms with van der Waals surface area (Å²) in [5.74, 6) is 1.76. The lowest BCUT2D eigenvalue weighted by Gasteiger charge is -2.25. The van der Waals surface area contributed by atoms with Crippen LogP contribution in [-0.2, 0) is 6.42 Å². The van der Waals surface area contributed by atoms with Crippen LogP contribution in [-0.4, -0.2) is 14.5 Å². The van der Waals surface area contributed by atoms with Crippen LogP contribution in [0.25, 0.3) is 44.8 Å². The summed E-state index contributed by atoms with van der Waals surface area (Å²) < 4.78 is 2.54. The summed E-state index contributed by atoms with van der Waals surface area (Å²) in [4.78, 5) is 10.1. The van der Waals surface area contributed by atoms with Gasteiger partial charge in [0.15, 0.2) is 5.82 Å². The van der Waals surface area contributed by atoms with Gasteiger partial charge in [-0.3, -0.25) is 0 Å². The number of fused-ring (bicyclic) bond motifs is 5. The Morgan fingerprint density at radius 2 is 1.54 bits per heavy atom. The lowest BCUT2D eigenvalue weighted by molar-refractivity contribution is 0.571. The number of allylic oxidation sites excluding steroid dienone is 2. The molecule has 2 aliphatic heterocycles. The van der Waals surface area contributed by atoms with E-state index in [0.29, 0.717) is 0 Å². The van der Waals surface area contributed by atoms with Crippen molar-refractivity contribution in [3.8, 4) is 11.4 Å². The van der Waals surface area contributed by atoms with E-state index in [1.165, 1.54) is 43.9 Å². The van der Waals surface area contributed by atoms with E-state index in [0.717, 1.165) is 34.5 Å². The lowest BCUT2D eigenvalue weighted by atomic mass is 9.88. The molecule has 0 saturated carbocycles. The van der Waals surface area contributed by atoms with Crippen molar-refractivity contribution in [3.63, 3.8) is 0 Å². The van der Waals surface area contributed by atoms with Crippen molar-refractivity contribution in [2.24, 2.45) is 0 Å². The molecule has 2 aromatic heterocycles. The Morgan fingerprint density at radius 3 is 2.44 bits per heavy atom. The molecule has 4 heteroatoms. The quantitative estimate of drug-likeness (QED) is 0.319. The molecule has 9 rings (SSSR count). The fourth-order valence-corrected chi connectivity index (χ4v) is 6.72. The van der Waals surface area contributed by atoms with Crippen LogP contribution in [0.1, 0.15) is 28.7 Å². The highest BCUT2D eigenvalue weighted by molar-refractivity contribution is 5.96. The van der Waals surface area contributed by atoms with Crippen LogP contribution in [0.3, 0.4) is 0 Å². The van der Waals surface area contributed by atoms with E-state index in [1.54, 1.807) is 0 Å². The van der Waals surface area contributed by atoms with Gasteiger partial charge in [0.25, 0.3) is 0 Å². The first kappa shape index (κ1) is 21.0. The van der Waals surface area contributed by atoms with Gasteiger partial charge in [0.1, 0.15) is 5.82 Å². The molecule has 2 atom stereocenters. The zero-order chi connectivity index (χ0) is 25.5. The Morgan fingerprint density at radius 1 is 0.744 bits per heavy atom. The van der Waals surface area contributed by atoms with Crippen LogP contribution < -0.4 is 16.0 Å². The minimum atomic E-state index is 0.180. The smallest absolute Gasteiger partial charge is 0.162 e. The minimum absolute atomic E-state index is 0.180. The van der Waals surface area contributed by atoms with Gasteiger partial charge in [-0.05, 0) is 41.3 Å². The first-order valence-electron chi connectivity index (χ1n) is 13.6. The highest BCUT2D eigenvalue weighted by Gasteiger charge is 2.40. The number of benzene rings is 4. The summed E-state index contributed by atoms with van der Waals surface area (Å²) in [6.07, 6.45) is 7.95. The number of rotatable bonds is 4. The Bertz CT molecular complexity index is 2140. The predicted octanol–water partition coefficient (Wildman–Crippen LogP) is 6.06. The molecule has 0 amide bonds. The summed E-state index contributed by atoms with van der Waals surface area (Å²) in [5.41, 5.74) is 7.55. The van der Waals surface area contributed by atoms with Crippen LogP contribution in [0.5, 0.6) is 0 Å². The second-order valence-corrected chi connectivity index (χ2v) is 10.6. The Labute approximate surface area is 225 Å². The highest BCUT2D eigenvalue weighted by Crippen LogP contribution is 2.47. The third kappa shape index (κ3) is 3.00. The number of aromatic nitrogens is 3. The maximum atomic E-state index is 5.15. The van der Waals surface area contributed by atoms with Gasteiger partial charge in [-0.25, -0.2) is 9.97 Å². The van der Waals surface area contributed by atoms with Gasteiger partial charge in [-0.2, -0.15) is 0 Å². The number of anilines is 1. The number of hydrogen-bond acceptors (Lipinski definition) is 3. The van der Waals surface area contributed by atoms with Crippen LogP contribution in [0, 0.1) is 0 Å². The van der Waals surface area contributed by atoms with E-state index < -0.39 is 0 Å². The first-order valence-corrected chi connectivity index (χ1v) is 13.6. The Hall–Kier alpha value is -4.96. The molecule has 3 aliphatic rings. The van der Waals surface area contributed by atoms with E-state index in [1.807, 2.05) is 24.3 Å². The molecule has 0 radical (unpaired) electrons. The van der Waals surface area contributed by atoms with Crippen LogP contribution in [0.15, 0.2) is 109 Å². The third-order valence-corrected chi connectivity index (χ3v) is 8.50. The van der Waals surface area contributed by atoms with E-state index in [-0.39, 0.29) is 12.0 Å². The SMILES string of the molecule is C1=CC2C(c3cccc4c3C4)C(Nc3nc(-c4ccccc4)nc4ccccc34)=c3c4ccccc4c(n32)=C1. The van der Waals surface area contributed by atoms with Crippen molar-refractivity contribution in [3.05, 3.63) is 137 Å². The van der Waals surface area contributed by atoms with Crippen molar-refractivity contribution in [1.82, 2.24) is 14.5 Å². The molecular formula is C35H24N4. The third-order valence-electron chi connectivity index (χ3n) is 8.50. The summed E-state index contributed by atoms with van der Waals surface area (Å²) >= 11 is 0. The average molecular weight is 501 g/mol. The molecule has 6 aromatic rings. The molecule has 0 saturated heterocycles. The van der Waals surface area contributed by atoms with Crippen molar-refractivity contribution >= 4 is 39.3 Å². The van der Waals surface area contributed by atoms with Gasteiger partial charge in [-0.15, -0.1) is 0 Å². The molecule has 39 heavy (non-hydrogen) atoms. The molecule has 1 N–H and O–H groups in total. The normalized spacial score (nSPS) is 18.2. The number of hydrogen-bond donors (Lipinski definition) is 1. The van der Waals surface area contributed by atoms with Gasteiger partial charge in [0, 0.05) is 27.1 Å². The van der Waals surface area contributed by atoms with Crippen LogP contribution in [0.2, 0.25) is 0 Å². The van der Waals surface area contributed by atoms with Crippen molar-refractivity contribution < 1.29 is 0 Å². The minimum Gasteiger partial charge on any atom is -0.341 e. The van der Waals surface area contributed by atoms with E-state index in [4.69, 9.17) is 9.97 Å². The lowest BCUT2D eigenvalue weighted by Crippen LogP contribution is -2.28. The largest absolute Gasteiger partial charge is 0.341 e. The zero-order valence-corrected chi connectivity index (χ0v) is 21.2. The fraction of sp³-hybridized carbons (Fsp3) is 0.0857. The molecule has 1 aliphatic carbocycles. The topological polar surface area (TPSA) is 42.7 Å². The van der Waals surface area contributed by atoms with E-state index >= 15 is 0 Å². The van der Waals surface area contributed by atoms with Gasteiger partial charge >= 0.3 is 0 Å². The van der Waals surface area contributed by atoms with E-state index in [2.05, 4.69) is 101 Å². The maximum Gasteiger partial charge on any atom is 0.162 e. The van der Waals surface area contributed by atoms with Crippen molar-refractivity contribution in [1.29, 1.82) is 0 Å². The molecule has 4 aromatic carbocycles. The summed E-state index contributed by atoms with van der Waals surface area (Å²) in [5, 5.41) is 10.1. The first-order chi connectivity index (χ1) is 19.3. The summed E-state index contributed by atoms with van der Waals surface area (Å²) in [6, 6.07) is 34.4. The molecule has 184 valence electrons. The van der Waals surface area contributed by atoms with E-state index in [9.17, 15) is 0 Å². The Kier molecular flexibility index (Phi) is 4.19. The molecule has 0 fully saturated rings. The second kappa shape index (κ2) is 7.78. The fourth-order valence-electron chi connectivity index (χ4n) is 6.72. The molecule has 4 heterocycles. The number of para-hydroxylation sites is 1. The second-order valence-electron chi connectivity index (χ2n) is 10.6. The standard InChI is InChI=1S/C35H24N4/c1-2-10-21(11-3-1)34-36-28-17-7-6-15-26(28)35(38-34)37-32-31(24-16-8-12-22-20-27(22)24)30-19-9-18-29-23-13-4-5-14-25(23)33(32)39(29)30/h1-19,30-31H,20H2,(H,36,37,38). The van der Waals surface area contributed by atoms with Crippen molar-refractivity contribution in [2.45, 2.75) is 18.4 Å². The molecular weight excluding hydrogens is 476 g/mol. The monoisotopic (exact) mass is 500 g/mol. The average Bonchev–Trinajstić information content (AvgIpc) is 3.63. The predicted molar refractivity (Wildman–Crippen MR) is 158 cm³/mol. The maximum absolute atomic E-state index is 5.15. The summed E-state index contributed by atoms with van der Waals surface area (Å²) in [6.45, 7) is 0. The van der Waals surface area contributed by atoms with Gasteiger partial charge < -0.3 is 9.88 Å². The molecule has 0 spiro atoms. The molecule has 4 nitrogen and oxygen atoms in total. The van der Waals surface area contributed by atoms with Crippen molar-refractivity contribution in [2.75, 3.05) is 5.32 Å². The summed E-state index contributed by atoms with van der Waals surface area (Å²) in [7, 11) is 0. The van der Waals surface area contributed by atoms with Crippen LogP contribution >= 0.6 is 0 Å². The van der Waals surface area contributed by atoms with Gasteiger partial charge in [0.2, 0.25) is 0 Å². The molecule has 0 bridgehead atoms. The van der Waals surface area contributed by atoms with Gasteiger partial charge in [0.05, 0.1) is 28.5 Å². The zero-order valence-electron chi connectivity index (χ0n) is 21.2. The number of nitrogens with zero attached hydrogens (tertiary/aromatic N) is 3. The Balaban J connectivity index is 1.34. The van der Waals surface area contributed by atoms with Gasteiger partial charge in [-0.1, -0.05) is 97.1 Å². The molecule has 2 unspecified atom stereocenters.